The Labute approximate surface area is 214 Å². The summed E-state index contributed by atoms with van der Waals surface area (Å²) in [5.74, 6) is -0.513. The van der Waals surface area contributed by atoms with Crippen molar-refractivity contribution in [1.82, 2.24) is 29.8 Å². The highest BCUT2D eigenvalue weighted by atomic mass is 32.1. The average Bonchev–Trinajstić information content (AvgIpc) is 3.61. The summed E-state index contributed by atoms with van der Waals surface area (Å²) in [6.07, 6.45) is 2.17. The normalized spacial score (nSPS) is 20.0. The fourth-order valence-electron chi connectivity index (χ4n) is 4.17. The number of amides is 4. The number of nitrogens with one attached hydrogen (secondary N) is 1. The Kier molecular flexibility index (Phi) is 6.19. The monoisotopic (exact) mass is 526 g/mol. The van der Waals surface area contributed by atoms with Crippen LogP contribution in [0.15, 0.2) is 33.2 Å². The van der Waals surface area contributed by atoms with Gasteiger partial charge in [-0.25, -0.2) is 19.2 Å². The number of imide groups is 1. The zero-order valence-electron chi connectivity index (χ0n) is 20.4. The molecule has 3 atom stereocenters. The van der Waals surface area contributed by atoms with Crippen LogP contribution in [-0.2, 0) is 16.1 Å². The molecule has 0 saturated carbocycles. The van der Waals surface area contributed by atoms with Crippen LogP contribution in [0.3, 0.4) is 0 Å². The first-order valence-electron chi connectivity index (χ1n) is 11.3. The molecule has 14 heteroatoms. The molecule has 0 spiro atoms. The quantitative estimate of drug-likeness (QED) is 0.517. The minimum Gasteiger partial charge on any atom is -0.361 e. The first-order valence-corrected chi connectivity index (χ1v) is 12.2. The number of fused-ring (bicyclic) bond motifs is 1. The number of carbonyl (C=O) groups excluding carboxylic acids is 3. The molecule has 37 heavy (non-hydrogen) atoms. The molecule has 1 saturated heterocycles. The van der Waals surface area contributed by atoms with Crippen LogP contribution in [0.5, 0.6) is 0 Å². The highest BCUT2D eigenvalue weighted by Crippen LogP contribution is 2.29. The lowest BCUT2D eigenvalue weighted by atomic mass is 10.1. The van der Waals surface area contributed by atoms with Crippen LogP contribution < -0.4 is 5.32 Å². The molecule has 0 bridgehead atoms. The van der Waals surface area contributed by atoms with Gasteiger partial charge in [0.05, 0.1) is 18.6 Å². The Morgan fingerprint density at radius 2 is 2.08 bits per heavy atom. The van der Waals surface area contributed by atoms with Crippen molar-refractivity contribution in [3.63, 3.8) is 0 Å². The Bertz CT molecular complexity index is 1420. The summed E-state index contributed by atoms with van der Waals surface area (Å²) in [4.78, 5) is 56.0. The van der Waals surface area contributed by atoms with Crippen molar-refractivity contribution < 1.29 is 23.3 Å². The van der Waals surface area contributed by atoms with E-state index in [1.807, 2.05) is 0 Å². The number of nitrogens with zero attached hydrogens (tertiary/aromatic N) is 7. The van der Waals surface area contributed by atoms with Crippen molar-refractivity contribution in [2.45, 2.75) is 45.6 Å². The maximum absolute atomic E-state index is 13.9. The van der Waals surface area contributed by atoms with Crippen LogP contribution >= 0.6 is 11.3 Å². The molecule has 0 aromatic carbocycles. The second-order valence-corrected chi connectivity index (χ2v) is 9.67. The van der Waals surface area contributed by atoms with Crippen molar-refractivity contribution in [1.29, 1.82) is 0 Å². The Morgan fingerprint density at radius 1 is 1.30 bits per heavy atom. The van der Waals surface area contributed by atoms with Gasteiger partial charge in [0, 0.05) is 30.3 Å². The van der Waals surface area contributed by atoms with E-state index in [0.717, 1.165) is 4.90 Å². The van der Waals surface area contributed by atoms with E-state index in [1.54, 1.807) is 39.3 Å². The summed E-state index contributed by atoms with van der Waals surface area (Å²) >= 11 is 1.23. The van der Waals surface area contributed by atoms with Gasteiger partial charge in [-0.1, -0.05) is 5.16 Å². The summed E-state index contributed by atoms with van der Waals surface area (Å²) in [5, 5.41) is 8.74. The van der Waals surface area contributed by atoms with Gasteiger partial charge in [-0.05, 0) is 26.8 Å². The molecule has 192 valence electrons. The molecule has 3 aromatic heterocycles. The summed E-state index contributed by atoms with van der Waals surface area (Å²) < 4.78 is 18.9. The number of carbonyl (C=O) groups is 3. The molecule has 1 fully saturated rings. The summed E-state index contributed by atoms with van der Waals surface area (Å²) in [5.41, 5.74) is 1.22. The van der Waals surface area contributed by atoms with Gasteiger partial charge in [0.1, 0.15) is 34.1 Å². The van der Waals surface area contributed by atoms with Gasteiger partial charge < -0.3 is 19.6 Å². The number of hydrogen-bond donors (Lipinski definition) is 1. The zero-order chi connectivity index (χ0) is 26.4. The van der Waals surface area contributed by atoms with Gasteiger partial charge in [0.15, 0.2) is 12.2 Å². The first kappa shape index (κ1) is 24.5. The summed E-state index contributed by atoms with van der Waals surface area (Å²) in [6.45, 7) is 4.85. The second kappa shape index (κ2) is 9.35. The molecule has 2 aliphatic heterocycles. The van der Waals surface area contributed by atoms with Crippen LogP contribution in [0.4, 0.5) is 15.0 Å². The molecule has 12 nitrogen and oxygen atoms in total. The van der Waals surface area contributed by atoms with E-state index in [4.69, 9.17) is 4.52 Å². The number of pyridine rings is 1. The third-order valence-corrected chi connectivity index (χ3v) is 7.15. The molecule has 1 N–H and O–H groups in total. The minimum atomic E-state index is -0.885. The van der Waals surface area contributed by atoms with Crippen molar-refractivity contribution in [2.24, 2.45) is 4.99 Å². The van der Waals surface area contributed by atoms with Crippen LogP contribution in [0.2, 0.25) is 0 Å². The number of aromatic nitrogens is 3. The highest BCUT2D eigenvalue weighted by Gasteiger charge is 2.51. The molecule has 5 rings (SSSR count). The largest absolute Gasteiger partial charge is 0.361 e. The number of hydrogen-bond acceptors (Lipinski definition) is 10. The highest BCUT2D eigenvalue weighted by molar-refractivity contribution is 7.13. The summed E-state index contributed by atoms with van der Waals surface area (Å²) in [7, 11) is 1.55. The van der Waals surface area contributed by atoms with E-state index < -0.39 is 41.9 Å². The third kappa shape index (κ3) is 4.43. The maximum Gasteiger partial charge on any atom is 0.328 e. The number of rotatable bonds is 6. The number of aliphatic imine (C=N–C) groups is 1. The smallest absolute Gasteiger partial charge is 0.328 e. The molecule has 5 heterocycles. The summed E-state index contributed by atoms with van der Waals surface area (Å²) in [6, 6.07) is 0.775. The first-order chi connectivity index (χ1) is 17.6. The van der Waals surface area contributed by atoms with Crippen LogP contribution in [-0.4, -0.2) is 79.3 Å². The molecule has 2 unspecified atom stereocenters. The van der Waals surface area contributed by atoms with Crippen molar-refractivity contribution in [2.75, 3.05) is 12.4 Å². The van der Waals surface area contributed by atoms with Gasteiger partial charge in [-0.15, -0.1) is 11.3 Å². The zero-order valence-corrected chi connectivity index (χ0v) is 21.2. The lowest BCUT2D eigenvalue weighted by molar-refractivity contribution is -0.139. The Balaban J connectivity index is 1.30. The number of anilines is 1. The van der Waals surface area contributed by atoms with Crippen molar-refractivity contribution in [3.05, 3.63) is 46.7 Å². The van der Waals surface area contributed by atoms with Crippen LogP contribution in [0, 0.1) is 19.7 Å². The fraction of sp³-hybridized carbons (Fsp3) is 0.348. The number of urea groups is 1. The third-order valence-electron chi connectivity index (χ3n) is 6.26. The topological polar surface area (TPSA) is 137 Å². The molecule has 0 radical (unpaired) electrons. The Hall–Kier alpha value is -4.20. The van der Waals surface area contributed by atoms with Crippen LogP contribution in [0.1, 0.15) is 24.1 Å². The second-order valence-electron chi connectivity index (χ2n) is 8.81. The molecule has 4 amide bonds. The fourth-order valence-corrected chi connectivity index (χ4v) is 4.90. The standard InChI is InChI=1S/C23H23FN8O4S/c1-11-5-15(29-36-11)8-31-22(34)18-19(30(4)23(31)35)26-10-32(18)13(3)20(33)27-17-9-37-21(28-17)14-6-16(24)12(2)25-7-14/h5-7,9-10,13,18-19H,8H2,1-4H3,(H,27,33)/t13-,18?,19?/m0/s1. The van der Waals surface area contributed by atoms with Gasteiger partial charge in [0.2, 0.25) is 5.91 Å². The van der Waals surface area contributed by atoms with Gasteiger partial charge in [-0.3, -0.25) is 19.5 Å². The Morgan fingerprint density at radius 3 is 2.78 bits per heavy atom. The SMILES string of the molecule is Cc1cc(CN2C(=O)C3C(N=CN3[C@@H](C)C(=O)Nc3csc(-c4cnc(C)c(F)c4)n3)N(C)C2=O)no1. The number of halogens is 1. The maximum atomic E-state index is 13.9. The molecular weight excluding hydrogens is 503 g/mol. The molecule has 2 aliphatic rings. The lowest BCUT2D eigenvalue weighted by Crippen LogP contribution is -2.66. The van der Waals surface area contributed by atoms with Gasteiger partial charge >= 0.3 is 6.03 Å². The van der Waals surface area contributed by atoms with E-state index in [2.05, 4.69) is 25.4 Å². The lowest BCUT2D eigenvalue weighted by Gasteiger charge is -2.42. The van der Waals surface area contributed by atoms with Crippen LogP contribution in [0.25, 0.3) is 10.6 Å². The van der Waals surface area contributed by atoms with E-state index in [9.17, 15) is 18.8 Å². The van der Waals surface area contributed by atoms with Gasteiger partial charge in [0.25, 0.3) is 5.91 Å². The predicted molar refractivity (Wildman–Crippen MR) is 131 cm³/mol. The van der Waals surface area contributed by atoms with E-state index >= 15 is 0 Å². The predicted octanol–water partition coefficient (Wildman–Crippen LogP) is 2.41. The van der Waals surface area contributed by atoms with E-state index in [0.29, 0.717) is 22.0 Å². The van der Waals surface area contributed by atoms with E-state index in [1.165, 1.54) is 39.7 Å². The number of aryl methyl sites for hydroxylation is 2. The number of likely N-dealkylation sites (N-methyl/N-ethyl adjacent to an activating group) is 1. The minimum absolute atomic E-state index is 0.0625. The van der Waals surface area contributed by atoms with Gasteiger partial charge in [-0.2, -0.15) is 0 Å². The molecule has 3 aromatic rings. The molecule has 0 aliphatic carbocycles. The van der Waals surface area contributed by atoms with Crippen molar-refractivity contribution in [3.8, 4) is 10.6 Å². The average molecular weight is 527 g/mol. The van der Waals surface area contributed by atoms with Crippen molar-refractivity contribution >= 4 is 41.3 Å². The molecular formula is C23H23FN8O4S. The number of thiazole rings is 1. The van der Waals surface area contributed by atoms with E-state index in [-0.39, 0.29) is 18.1 Å².